The Morgan fingerprint density at radius 3 is 2.42 bits per heavy atom. The maximum atomic E-state index is 13.7. The summed E-state index contributed by atoms with van der Waals surface area (Å²) in [4.78, 5) is 8.73. The number of para-hydroxylation sites is 1. The van der Waals surface area contributed by atoms with Crippen LogP contribution >= 0.6 is 0 Å². The minimum atomic E-state index is -4.56. The quantitative estimate of drug-likeness (QED) is 0.346. The third-order valence-electron chi connectivity index (χ3n) is 4.84. The molecule has 5 aromatic rings. The number of aromatic amines is 1. The fourth-order valence-corrected chi connectivity index (χ4v) is 3.41. The van der Waals surface area contributed by atoms with Crippen molar-refractivity contribution in [1.29, 1.82) is 0 Å². The highest BCUT2D eigenvalue weighted by Gasteiger charge is 2.34. The average molecular weight is 423 g/mol. The molecule has 2 heterocycles. The monoisotopic (exact) mass is 423 g/mol. The minimum Gasteiger partial charge on any atom is -0.322 e. The van der Waals surface area contributed by atoms with E-state index in [9.17, 15) is 17.6 Å². The molecular weight excluding hydrogens is 410 g/mol. The molecule has 0 aliphatic heterocycles. The Balaban J connectivity index is 1.70. The molecule has 5 rings (SSSR count). The third kappa shape index (κ3) is 3.43. The smallest absolute Gasteiger partial charge is 0.322 e. The topological polar surface area (TPSA) is 66.5 Å². The predicted octanol–water partition coefficient (Wildman–Crippen LogP) is 6.07. The molecule has 2 aromatic heterocycles. The van der Waals surface area contributed by atoms with E-state index in [-0.39, 0.29) is 17.2 Å². The summed E-state index contributed by atoms with van der Waals surface area (Å²) >= 11 is 0. The summed E-state index contributed by atoms with van der Waals surface area (Å²) in [5, 5.41) is 11.0. The van der Waals surface area contributed by atoms with E-state index in [0.29, 0.717) is 27.6 Å². The molecule has 31 heavy (non-hydrogen) atoms. The highest BCUT2D eigenvalue weighted by molar-refractivity contribution is 5.97. The van der Waals surface area contributed by atoms with Crippen LogP contribution in [0.3, 0.4) is 0 Å². The van der Waals surface area contributed by atoms with Gasteiger partial charge < -0.3 is 5.32 Å². The zero-order chi connectivity index (χ0) is 21.6. The minimum absolute atomic E-state index is 0.0832. The van der Waals surface area contributed by atoms with Gasteiger partial charge in [0.15, 0.2) is 11.6 Å². The lowest BCUT2D eigenvalue weighted by molar-refractivity contribution is -0.137. The zero-order valence-electron chi connectivity index (χ0n) is 15.7. The van der Waals surface area contributed by atoms with Crippen LogP contribution in [0.25, 0.3) is 33.2 Å². The molecule has 0 aliphatic rings. The Labute approximate surface area is 172 Å². The van der Waals surface area contributed by atoms with E-state index < -0.39 is 17.6 Å². The molecule has 0 amide bonds. The fraction of sp³-hybridized carbons (Fsp3) is 0.0455. The van der Waals surface area contributed by atoms with Gasteiger partial charge in [0.25, 0.3) is 0 Å². The standard InChI is InChI=1S/C22H13F4N5/c23-12-9-10-18-15(11-12)21(31-30-18)29-20-14-6-2-4-8-17(14)27-19(28-20)13-5-1-3-7-16(13)22(24,25)26/h1-11H,(H2,27,28,29,30,31). The van der Waals surface area contributed by atoms with Gasteiger partial charge in [-0.05, 0) is 36.4 Å². The largest absolute Gasteiger partial charge is 0.417 e. The van der Waals surface area contributed by atoms with Gasteiger partial charge in [-0.1, -0.05) is 30.3 Å². The molecule has 0 fully saturated rings. The average Bonchev–Trinajstić information content (AvgIpc) is 3.15. The first kappa shape index (κ1) is 19.0. The lowest BCUT2D eigenvalue weighted by Crippen LogP contribution is -2.08. The second-order valence-corrected chi connectivity index (χ2v) is 6.84. The van der Waals surface area contributed by atoms with Crippen LogP contribution in [0.4, 0.5) is 29.2 Å². The second-order valence-electron chi connectivity index (χ2n) is 6.84. The number of alkyl halides is 3. The molecule has 154 valence electrons. The van der Waals surface area contributed by atoms with Crippen molar-refractivity contribution >= 4 is 33.4 Å². The van der Waals surface area contributed by atoms with Gasteiger partial charge in [-0.25, -0.2) is 14.4 Å². The molecule has 3 aromatic carbocycles. The van der Waals surface area contributed by atoms with Gasteiger partial charge in [0, 0.05) is 16.3 Å². The van der Waals surface area contributed by atoms with Crippen LogP contribution in [-0.4, -0.2) is 20.2 Å². The summed E-state index contributed by atoms with van der Waals surface area (Å²) in [6, 6.07) is 16.2. The second kappa shape index (κ2) is 7.05. The summed E-state index contributed by atoms with van der Waals surface area (Å²) in [6.45, 7) is 0. The number of hydrogen-bond donors (Lipinski definition) is 2. The molecular formula is C22H13F4N5. The van der Waals surface area contributed by atoms with Crippen LogP contribution in [0.5, 0.6) is 0 Å². The first-order valence-corrected chi connectivity index (χ1v) is 9.24. The normalized spacial score (nSPS) is 11.9. The van der Waals surface area contributed by atoms with Crippen molar-refractivity contribution in [2.24, 2.45) is 0 Å². The van der Waals surface area contributed by atoms with E-state index >= 15 is 0 Å². The fourth-order valence-electron chi connectivity index (χ4n) is 3.41. The Hall–Kier alpha value is -4.01. The first-order valence-electron chi connectivity index (χ1n) is 9.24. The molecule has 0 radical (unpaired) electrons. The number of anilines is 2. The molecule has 9 heteroatoms. The molecule has 0 unspecified atom stereocenters. The Bertz CT molecular complexity index is 1420. The highest BCUT2D eigenvalue weighted by atomic mass is 19.4. The van der Waals surface area contributed by atoms with E-state index in [1.165, 1.54) is 30.3 Å². The summed E-state index contributed by atoms with van der Waals surface area (Å²) in [5.41, 5.74) is 0.0909. The number of hydrogen-bond acceptors (Lipinski definition) is 4. The predicted molar refractivity (Wildman–Crippen MR) is 109 cm³/mol. The van der Waals surface area contributed by atoms with Gasteiger partial charge in [-0.3, -0.25) is 5.10 Å². The van der Waals surface area contributed by atoms with Gasteiger partial charge in [-0.2, -0.15) is 18.3 Å². The number of halogens is 4. The summed E-state index contributed by atoms with van der Waals surface area (Å²) in [6.07, 6.45) is -4.56. The Morgan fingerprint density at radius 2 is 1.58 bits per heavy atom. The van der Waals surface area contributed by atoms with Crippen molar-refractivity contribution in [3.63, 3.8) is 0 Å². The highest BCUT2D eigenvalue weighted by Crippen LogP contribution is 2.37. The van der Waals surface area contributed by atoms with Crippen molar-refractivity contribution in [3.05, 3.63) is 78.1 Å². The number of benzene rings is 3. The Kier molecular flexibility index (Phi) is 4.32. The van der Waals surface area contributed by atoms with E-state index in [4.69, 9.17) is 0 Å². The molecule has 0 spiro atoms. The van der Waals surface area contributed by atoms with Gasteiger partial charge >= 0.3 is 6.18 Å². The van der Waals surface area contributed by atoms with Crippen molar-refractivity contribution in [2.45, 2.75) is 6.18 Å². The lowest BCUT2D eigenvalue weighted by atomic mass is 10.1. The summed E-state index contributed by atoms with van der Waals surface area (Å²) in [5.74, 6) is 0.0353. The number of rotatable bonds is 3. The number of fused-ring (bicyclic) bond motifs is 2. The van der Waals surface area contributed by atoms with E-state index in [0.717, 1.165) is 6.07 Å². The summed E-state index contributed by atoms with van der Waals surface area (Å²) < 4.78 is 54.4. The van der Waals surface area contributed by atoms with Gasteiger partial charge in [0.1, 0.15) is 11.6 Å². The van der Waals surface area contributed by atoms with Crippen LogP contribution in [0.15, 0.2) is 66.7 Å². The van der Waals surface area contributed by atoms with E-state index in [2.05, 4.69) is 25.5 Å². The molecule has 0 saturated heterocycles. The van der Waals surface area contributed by atoms with Crippen LogP contribution in [0.2, 0.25) is 0 Å². The molecule has 0 atom stereocenters. The molecule has 2 N–H and O–H groups in total. The van der Waals surface area contributed by atoms with Gasteiger partial charge in [0.2, 0.25) is 0 Å². The third-order valence-corrected chi connectivity index (χ3v) is 4.84. The molecule has 0 saturated carbocycles. The number of nitrogens with one attached hydrogen (secondary N) is 2. The SMILES string of the molecule is Fc1ccc2[nH]nc(Nc3nc(-c4ccccc4C(F)(F)F)nc4ccccc34)c2c1. The number of H-pyrrole nitrogens is 1. The van der Waals surface area contributed by atoms with Gasteiger partial charge in [-0.15, -0.1) is 0 Å². The molecule has 0 bridgehead atoms. The van der Waals surface area contributed by atoms with Gasteiger partial charge in [0.05, 0.1) is 16.6 Å². The first-order chi connectivity index (χ1) is 14.9. The van der Waals surface area contributed by atoms with Crippen molar-refractivity contribution in [2.75, 3.05) is 5.32 Å². The van der Waals surface area contributed by atoms with Crippen LogP contribution in [0, 0.1) is 5.82 Å². The lowest BCUT2D eigenvalue weighted by Gasteiger charge is -2.14. The number of aromatic nitrogens is 4. The number of nitrogens with zero attached hydrogens (tertiary/aromatic N) is 3. The van der Waals surface area contributed by atoms with Crippen molar-refractivity contribution in [3.8, 4) is 11.4 Å². The van der Waals surface area contributed by atoms with Crippen LogP contribution in [0.1, 0.15) is 5.56 Å². The van der Waals surface area contributed by atoms with Crippen LogP contribution < -0.4 is 5.32 Å². The van der Waals surface area contributed by atoms with E-state index in [1.54, 1.807) is 30.3 Å². The molecule has 0 aliphatic carbocycles. The maximum absolute atomic E-state index is 13.7. The van der Waals surface area contributed by atoms with Crippen molar-refractivity contribution < 1.29 is 17.6 Å². The van der Waals surface area contributed by atoms with Crippen molar-refractivity contribution in [1.82, 2.24) is 20.2 Å². The Morgan fingerprint density at radius 1 is 0.806 bits per heavy atom. The zero-order valence-corrected chi connectivity index (χ0v) is 15.7. The molecule has 5 nitrogen and oxygen atoms in total. The van der Waals surface area contributed by atoms with Crippen LogP contribution in [-0.2, 0) is 6.18 Å². The summed E-state index contributed by atoms with van der Waals surface area (Å²) in [7, 11) is 0. The van der Waals surface area contributed by atoms with E-state index in [1.807, 2.05) is 0 Å². The maximum Gasteiger partial charge on any atom is 0.417 e.